The molecule has 0 N–H and O–H groups in total. The van der Waals surface area contributed by atoms with Crippen molar-refractivity contribution < 1.29 is 14.4 Å². The first kappa shape index (κ1) is 12.9. The second kappa shape index (κ2) is 4.59. The zero-order chi connectivity index (χ0) is 13.4. The molecule has 1 aromatic carbocycles. The number of nitrogens with zero attached hydrogens (tertiary/aromatic N) is 2. The molecule has 0 aromatic heterocycles. The minimum absolute atomic E-state index is 0.0518. The smallest absolute Gasteiger partial charge is 0.263 e. The molecule has 1 aliphatic rings. The number of benzene rings is 1. The minimum Gasteiger partial charge on any atom is -0.263 e. The molecule has 0 atom stereocenters. The van der Waals surface area contributed by atoms with Crippen molar-refractivity contribution in [1.82, 2.24) is 9.80 Å². The molecule has 1 saturated heterocycles. The van der Waals surface area contributed by atoms with Gasteiger partial charge < -0.3 is 0 Å². The molecule has 0 spiro atoms. The lowest BCUT2D eigenvalue weighted by molar-refractivity contribution is -0.143. The molecule has 2 rings (SSSR count). The molecule has 1 aromatic rings. The molecular weight excluding hydrogens is 279 g/mol. The minimum atomic E-state index is -0.853. The molecule has 0 unspecified atom stereocenters. The molecule has 0 saturated carbocycles. The maximum atomic E-state index is 11.6. The maximum Gasteiger partial charge on any atom is 0.334 e. The Balaban J connectivity index is 2.27. The summed E-state index contributed by atoms with van der Waals surface area (Å²) < 4.78 is 0. The Morgan fingerprint density at radius 3 is 2.28 bits per heavy atom. The summed E-state index contributed by atoms with van der Waals surface area (Å²) in [4.78, 5) is 36.1. The van der Waals surface area contributed by atoms with Gasteiger partial charge in [0, 0.05) is 17.1 Å². The monoisotopic (exact) mass is 286 g/mol. The van der Waals surface area contributed by atoms with Gasteiger partial charge in [-0.3, -0.25) is 19.4 Å². The summed E-state index contributed by atoms with van der Waals surface area (Å²) in [6, 6.07) is 4.05. The quantitative estimate of drug-likeness (QED) is 0.616. The average Bonchev–Trinajstić information content (AvgIpc) is 2.50. The lowest BCUT2D eigenvalue weighted by Gasteiger charge is -2.13. The number of hydrogen-bond donors (Lipinski definition) is 0. The number of urea groups is 1. The van der Waals surface area contributed by atoms with Crippen LogP contribution in [0.2, 0.25) is 10.0 Å². The number of likely N-dealkylation sites (N-methyl/N-ethyl adjacent to an activating group) is 1. The topological polar surface area (TPSA) is 57.7 Å². The molecule has 7 heteroatoms. The first-order valence-electron chi connectivity index (χ1n) is 4.99. The fourth-order valence-electron chi connectivity index (χ4n) is 1.57. The largest absolute Gasteiger partial charge is 0.334 e. The van der Waals surface area contributed by atoms with Gasteiger partial charge in [0.05, 0.1) is 6.54 Å². The van der Waals surface area contributed by atoms with Gasteiger partial charge in [-0.15, -0.1) is 0 Å². The number of imide groups is 2. The van der Waals surface area contributed by atoms with Gasteiger partial charge in [-0.25, -0.2) is 4.79 Å². The van der Waals surface area contributed by atoms with Crippen LogP contribution in [-0.4, -0.2) is 34.7 Å². The van der Waals surface area contributed by atoms with Crippen LogP contribution in [-0.2, 0) is 16.1 Å². The zero-order valence-electron chi connectivity index (χ0n) is 9.31. The molecule has 0 bridgehead atoms. The van der Waals surface area contributed by atoms with E-state index in [1.165, 1.54) is 13.1 Å². The third-order valence-electron chi connectivity index (χ3n) is 2.59. The lowest BCUT2D eigenvalue weighted by atomic mass is 10.2. The van der Waals surface area contributed by atoms with Crippen molar-refractivity contribution in [3.8, 4) is 0 Å². The van der Waals surface area contributed by atoms with Gasteiger partial charge in [0.25, 0.3) is 0 Å². The van der Waals surface area contributed by atoms with Crippen molar-refractivity contribution in [2.24, 2.45) is 0 Å². The first-order chi connectivity index (χ1) is 8.41. The van der Waals surface area contributed by atoms with Crippen LogP contribution < -0.4 is 0 Å². The number of halogens is 2. The SMILES string of the molecule is CN1C(=O)C(=O)N(Cc2ccc(Cl)cc2Cl)C1=O. The van der Waals surface area contributed by atoms with Crippen LogP contribution in [0.1, 0.15) is 5.56 Å². The van der Waals surface area contributed by atoms with Crippen molar-refractivity contribution in [1.29, 1.82) is 0 Å². The molecule has 1 fully saturated rings. The zero-order valence-corrected chi connectivity index (χ0v) is 10.8. The maximum absolute atomic E-state index is 11.6. The summed E-state index contributed by atoms with van der Waals surface area (Å²) in [7, 11) is 1.26. The summed E-state index contributed by atoms with van der Waals surface area (Å²) in [5.74, 6) is -1.70. The summed E-state index contributed by atoms with van der Waals surface area (Å²) in [6.45, 7) is -0.0518. The van der Waals surface area contributed by atoms with Gasteiger partial charge in [0.1, 0.15) is 0 Å². The molecule has 0 aliphatic carbocycles. The van der Waals surface area contributed by atoms with E-state index in [0.717, 1.165) is 9.80 Å². The van der Waals surface area contributed by atoms with Crippen molar-refractivity contribution in [3.05, 3.63) is 33.8 Å². The van der Waals surface area contributed by atoms with Gasteiger partial charge >= 0.3 is 17.8 Å². The van der Waals surface area contributed by atoms with Crippen LogP contribution in [0.4, 0.5) is 4.79 Å². The molecule has 5 nitrogen and oxygen atoms in total. The van der Waals surface area contributed by atoms with Gasteiger partial charge in [0.15, 0.2) is 0 Å². The predicted molar refractivity (Wildman–Crippen MR) is 65.2 cm³/mol. The summed E-state index contributed by atoms with van der Waals surface area (Å²) in [5, 5.41) is 0.793. The molecule has 18 heavy (non-hydrogen) atoms. The highest BCUT2D eigenvalue weighted by Gasteiger charge is 2.42. The van der Waals surface area contributed by atoms with Gasteiger partial charge in [0.2, 0.25) is 0 Å². The van der Waals surface area contributed by atoms with Crippen LogP contribution in [0, 0.1) is 0 Å². The van der Waals surface area contributed by atoms with Crippen molar-refractivity contribution in [3.63, 3.8) is 0 Å². The number of carbonyl (C=O) groups excluding carboxylic acids is 3. The van der Waals surface area contributed by atoms with E-state index in [9.17, 15) is 14.4 Å². The van der Waals surface area contributed by atoms with Gasteiger partial charge in [-0.2, -0.15) is 0 Å². The van der Waals surface area contributed by atoms with E-state index in [1.54, 1.807) is 12.1 Å². The fourth-order valence-corrected chi connectivity index (χ4v) is 2.04. The number of rotatable bonds is 2. The molecule has 1 heterocycles. The number of hydrogen-bond acceptors (Lipinski definition) is 3. The predicted octanol–water partition coefficient (Wildman–Crippen LogP) is 1.91. The van der Waals surface area contributed by atoms with Crippen LogP contribution in [0.3, 0.4) is 0 Å². The molecule has 1 aliphatic heterocycles. The van der Waals surface area contributed by atoms with E-state index in [0.29, 0.717) is 15.6 Å². The molecular formula is C11H8Cl2N2O3. The average molecular weight is 287 g/mol. The van der Waals surface area contributed by atoms with Crippen LogP contribution in [0.15, 0.2) is 18.2 Å². The second-order valence-electron chi connectivity index (χ2n) is 3.77. The second-order valence-corrected chi connectivity index (χ2v) is 4.62. The highest BCUT2D eigenvalue weighted by Crippen LogP contribution is 2.24. The molecule has 0 radical (unpaired) electrons. The Bertz CT molecular complexity index is 559. The number of amides is 4. The van der Waals surface area contributed by atoms with Crippen molar-refractivity contribution in [2.75, 3.05) is 7.05 Å². The summed E-state index contributed by atoms with van der Waals surface area (Å²) >= 11 is 11.7. The van der Waals surface area contributed by atoms with Gasteiger partial charge in [-0.05, 0) is 17.7 Å². The third kappa shape index (κ3) is 2.07. The molecule has 4 amide bonds. The Morgan fingerprint density at radius 2 is 1.78 bits per heavy atom. The van der Waals surface area contributed by atoms with E-state index < -0.39 is 17.8 Å². The Hall–Kier alpha value is -1.59. The highest BCUT2D eigenvalue weighted by atomic mass is 35.5. The molecule has 94 valence electrons. The van der Waals surface area contributed by atoms with E-state index in [1.807, 2.05) is 0 Å². The van der Waals surface area contributed by atoms with Gasteiger partial charge in [-0.1, -0.05) is 29.3 Å². The summed E-state index contributed by atoms with van der Waals surface area (Å²) in [5.41, 5.74) is 0.547. The Labute approximate surface area is 113 Å². The Morgan fingerprint density at radius 1 is 1.11 bits per heavy atom. The standard InChI is InChI=1S/C11H8Cl2N2O3/c1-14-9(16)10(17)15(11(14)18)5-6-2-3-7(12)4-8(6)13/h2-4H,5H2,1H3. The van der Waals surface area contributed by atoms with Crippen molar-refractivity contribution in [2.45, 2.75) is 6.54 Å². The lowest BCUT2D eigenvalue weighted by Crippen LogP contribution is -2.31. The third-order valence-corrected chi connectivity index (χ3v) is 3.18. The normalized spacial score (nSPS) is 15.8. The van der Waals surface area contributed by atoms with E-state index in [-0.39, 0.29) is 6.54 Å². The first-order valence-corrected chi connectivity index (χ1v) is 5.75. The van der Waals surface area contributed by atoms with E-state index in [2.05, 4.69) is 0 Å². The van der Waals surface area contributed by atoms with Crippen molar-refractivity contribution >= 4 is 41.0 Å². The number of carbonyl (C=O) groups is 3. The van der Waals surface area contributed by atoms with E-state index >= 15 is 0 Å². The van der Waals surface area contributed by atoms with E-state index in [4.69, 9.17) is 23.2 Å². The van der Waals surface area contributed by atoms with Crippen LogP contribution in [0.5, 0.6) is 0 Å². The van der Waals surface area contributed by atoms with Crippen LogP contribution >= 0.6 is 23.2 Å². The Kier molecular flexibility index (Phi) is 3.28. The van der Waals surface area contributed by atoms with Crippen LogP contribution in [0.25, 0.3) is 0 Å². The highest BCUT2D eigenvalue weighted by molar-refractivity contribution is 6.44. The fraction of sp³-hybridized carbons (Fsp3) is 0.182. The summed E-state index contributed by atoms with van der Waals surface area (Å²) in [6.07, 6.45) is 0.